The van der Waals surface area contributed by atoms with Crippen LogP contribution in [-0.2, 0) is 11.2 Å². The molecule has 0 radical (unpaired) electrons. The van der Waals surface area contributed by atoms with E-state index in [1.165, 1.54) is 6.20 Å². The van der Waals surface area contributed by atoms with E-state index in [2.05, 4.69) is 5.10 Å². The molecular weight excluding hydrogens is 182 g/mol. The summed E-state index contributed by atoms with van der Waals surface area (Å²) in [6.45, 7) is -2.67. The van der Waals surface area contributed by atoms with Gasteiger partial charge in [-0.05, 0) is 12.0 Å². The third-order valence-corrected chi connectivity index (χ3v) is 1.48. The van der Waals surface area contributed by atoms with Crippen molar-refractivity contribution < 1.29 is 18.7 Å². The van der Waals surface area contributed by atoms with E-state index in [0.29, 0.717) is 10.2 Å². The predicted octanol–water partition coefficient (Wildman–Crippen LogP) is 1.30. The van der Waals surface area contributed by atoms with Crippen molar-refractivity contribution in [3.63, 3.8) is 0 Å². The van der Waals surface area contributed by atoms with Gasteiger partial charge in [-0.1, -0.05) is 0 Å². The molecule has 0 aliphatic carbocycles. The molecule has 0 aromatic carbocycles. The van der Waals surface area contributed by atoms with Gasteiger partial charge >= 0.3 is 12.5 Å². The number of rotatable bonds is 4. The van der Waals surface area contributed by atoms with Crippen molar-refractivity contribution in [2.75, 3.05) is 0 Å². The lowest BCUT2D eigenvalue weighted by Gasteiger charge is -1.95. The quantitative estimate of drug-likeness (QED) is 0.778. The van der Waals surface area contributed by atoms with Gasteiger partial charge in [0.05, 0.1) is 6.20 Å². The highest BCUT2D eigenvalue weighted by Crippen LogP contribution is 2.10. The lowest BCUT2D eigenvalue weighted by Crippen LogP contribution is -1.98. The Hall–Kier alpha value is -1.46. The Bertz CT molecular complexity index is 298. The van der Waals surface area contributed by atoms with Crippen LogP contribution in [0.5, 0.6) is 0 Å². The summed E-state index contributed by atoms with van der Waals surface area (Å²) in [6, 6.07) is 0. The molecule has 0 unspecified atom stereocenters. The van der Waals surface area contributed by atoms with Crippen LogP contribution < -0.4 is 0 Å². The number of halogens is 2. The summed E-state index contributed by atoms with van der Waals surface area (Å²) < 4.78 is 24.4. The largest absolute Gasteiger partial charge is 0.481 e. The first-order chi connectivity index (χ1) is 6.09. The molecule has 6 heteroatoms. The minimum atomic E-state index is -2.67. The molecule has 0 amide bonds. The van der Waals surface area contributed by atoms with E-state index in [4.69, 9.17) is 5.11 Å². The van der Waals surface area contributed by atoms with E-state index in [1.807, 2.05) is 0 Å². The fourth-order valence-corrected chi connectivity index (χ4v) is 0.864. The fraction of sp³-hybridized carbons (Fsp3) is 0.429. The highest BCUT2D eigenvalue weighted by atomic mass is 19.3. The van der Waals surface area contributed by atoms with Gasteiger partial charge < -0.3 is 5.11 Å². The van der Waals surface area contributed by atoms with Crippen molar-refractivity contribution in [1.29, 1.82) is 0 Å². The SMILES string of the molecule is O=C(O)CCc1cnn(C(F)F)c1. The zero-order valence-electron chi connectivity index (χ0n) is 6.65. The Morgan fingerprint density at radius 3 is 2.85 bits per heavy atom. The van der Waals surface area contributed by atoms with E-state index in [9.17, 15) is 13.6 Å². The molecule has 0 bridgehead atoms. The van der Waals surface area contributed by atoms with Gasteiger partial charge in [0.2, 0.25) is 0 Å². The van der Waals surface area contributed by atoms with E-state index in [0.717, 1.165) is 6.20 Å². The topological polar surface area (TPSA) is 55.1 Å². The Morgan fingerprint density at radius 2 is 2.38 bits per heavy atom. The van der Waals surface area contributed by atoms with Crippen LogP contribution in [0.15, 0.2) is 12.4 Å². The maximum absolute atomic E-state index is 12.0. The van der Waals surface area contributed by atoms with Crippen molar-refractivity contribution in [3.05, 3.63) is 18.0 Å². The van der Waals surface area contributed by atoms with Crippen LogP contribution in [0.4, 0.5) is 8.78 Å². The van der Waals surface area contributed by atoms with Crippen molar-refractivity contribution in [2.24, 2.45) is 0 Å². The molecule has 4 nitrogen and oxygen atoms in total. The summed E-state index contributed by atoms with van der Waals surface area (Å²) in [4.78, 5) is 10.1. The summed E-state index contributed by atoms with van der Waals surface area (Å²) in [5, 5.41) is 11.7. The number of nitrogens with zero attached hydrogens (tertiary/aromatic N) is 2. The minimum absolute atomic E-state index is 0.0745. The average molecular weight is 190 g/mol. The van der Waals surface area contributed by atoms with E-state index >= 15 is 0 Å². The molecule has 72 valence electrons. The van der Waals surface area contributed by atoms with Gasteiger partial charge in [-0.15, -0.1) is 0 Å². The van der Waals surface area contributed by atoms with Gasteiger partial charge in [0.1, 0.15) is 0 Å². The number of aromatic nitrogens is 2. The number of aryl methyl sites for hydroxylation is 1. The summed E-state index contributed by atoms with van der Waals surface area (Å²) in [5.74, 6) is -0.954. The van der Waals surface area contributed by atoms with Crippen LogP contribution in [0.1, 0.15) is 18.5 Å². The molecule has 1 heterocycles. The Morgan fingerprint density at radius 1 is 1.69 bits per heavy atom. The van der Waals surface area contributed by atoms with Crippen LogP contribution in [0.2, 0.25) is 0 Å². The third-order valence-electron chi connectivity index (χ3n) is 1.48. The Kier molecular flexibility index (Phi) is 2.94. The Balaban J connectivity index is 2.54. The highest BCUT2D eigenvalue weighted by Gasteiger charge is 2.07. The van der Waals surface area contributed by atoms with Gasteiger partial charge in [0.15, 0.2) is 0 Å². The molecule has 1 aromatic heterocycles. The second-order valence-corrected chi connectivity index (χ2v) is 2.50. The number of hydrogen-bond donors (Lipinski definition) is 1. The number of carboxylic acids is 1. The number of alkyl halides is 2. The fourth-order valence-electron chi connectivity index (χ4n) is 0.864. The first-order valence-corrected chi connectivity index (χ1v) is 3.62. The van der Waals surface area contributed by atoms with Gasteiger partial charge in [0.25, 0.3) is 0 Å². The Labute approximate surface area is 72.8 Å². The molecule has 13 heavy (non-hydrogen) atoms. The van der Waals surface area contributed by atoms with Crippen LogP contribution in [-0.4, -0.2) is 20.9 Å². The number of hydrogen-bond acceptors (Lipinski definition) is 2. The number of carboxylic acid groups (broad SMARTS) is 1. The molecule has 0 spiro atoms. The molecule has 1 aromatic rings. The predicted molar refractivity (Wildman–Crippen MR) is 39.4 cm³/mol. The maximum atomic E-state index is 12.0. The zero-order valence-corrected chi connectivity index (χ0v) is 6.65. The van der Waals surface area contributed by atoms with Gasteiger partial charge in [-0.25, -0.2) is 4.68 Å². The maximum Gasteiger partial charge on any atom is 0.333 e. The van der Waals surface area contributed by atoms with Crippen LogP contribution in [0.25, 0.3) is 0 Å². The lowest BCUT2D eigenvalue weighted by atomic mass is 10.2. The molecule has 1 N–H and O–H groups in total. The van der Waals surface area contributed by atoms with Crippen molar-refractivity contribution in [1.82, 2.24) is 9.78 Å². The number of aliphatic carboxylic acids is 1. The lowest BCUT2D eigenvalue weighted by molar-refractivity contribution is -0.136. The summed E-state index contributed by atoms with van der Waals surface area (Å²) in [6.07, 6.45) is 2.54. The van der Waals surface area contributed by atoms with Crippen molar-refractivity contribution >= 4 is 5.97 Å². The molecule has 0 saturated heterocycles. The summed E-state index contributed by atoms with van der Waals surface area (Å²) in [5.41, 5.74) is 0.503. The summed E-state index contributed by atoms with van der Waals surface area (Å²) in [7, 11) is 0. The van der Waals surface area contributed by atoms with Crippen LogP contribution >= 0.6 is 0 Å². The molecule has 0 aliphatic rings. The van der Waals surface area contributed by atoms with Crippen molar-refractivity contribution in [3.8, 4) is 0 Å². The van der Waals surface area contributed by atoms with Gasteiger partial charge in [0, 0.05) is 12.6 Å². The van der Waals surface area contributed by atoms with Crippen LogP contribution in [0.3, 0.4) is 0 Å². The van der Waals surface area contributed by atoms with Crippen LogP contribution in [0, 0.1) is 0 Å². The second kappa shape index (κ2) is 3.97. The van der Waals surface area contributed by atoms with Gasteiger partial charge in [-0.2, -0.15) is 13.9 Å². The molecule has 0 aliphatic heterocycles. The third kappa shape index (κ3) is 2.81. The molecule has 0 atom stereocenters. The van der Waals surface area contributed by atoms with Crippen molar-refractivity contribution in [2.45, 2.75) is 19.4 Å². The smallest absolute Gasteiger partial charge is 0.333 e. The van der Waals surface area contributed by atoms with E-state index < -0.39 is 12.5 Å². The monoisotopic (exact) mass is 190 g/mol. The van der Waals surface area contributed by atoms with E-state index in [1.54, 1.807) is 0 Å². The molecular formula is C7H8F2N2O2. The standard InChI is InChI=1S/C7H8F2N2O2/c8-7(9)11-4-5(3-10-11)1-2-6(12)13/h3-4,7H,1-2H2,(H,12,13). The minimum Gasteiger partial charge on any atom is -0.481 e. The van der Waals surface area contributed by atoms with E-state index in [-0.39, 0.29) is 12.8 Å². The van der Waals surface area contributed by atoms with Gasteiger partial charge in [-0.3, -0.25) is 4.79 Å². The first kappa shape index (κ1) is 9.63. The summed E-state index contributed by atoms with van der Waals surface area (Å²) >= 11 is 0. The normalized spacial score (nSPS) is 10.7. The number of carbonyl (C=O) groups is 1. The molecule has 0 saturated carbocycles. The zero-order chi connectivity index (χ0) is 9.84. The highest BCUT2D eigenvalue weighted by molar-refractivity contribution is 5.67. The first-order valence-electron chi connectivity index (χ1n) is 3.62. The molecule has 0 fully saturated rings. The second-order valence-electron chi connectivity index (χ2n) is 2.50. The average Bonchev–Trinajstić information content (AvgIpc) is 2.48. The molecule has 1 rings (SSSR count).